The quantitative estimate of drug-likeness (QED) is 0.530. The van der Waals surface area contributed by atoms with Crippen LogP contribution in [0.1, 0.15) is 41.9 Å². The van der Waals surface area contributed by atoms with Crippen LogP contribution in [0, 0.1) is 5.92 Å². The number of hydrogen-bond donors (Lipinski definition) is 4. The number of nitrogens with zero attached hydrogens (tertiary/aromatic N) is 3. The highest BCUT2D eigenvalue weighted by molar-refractivity contribution is 6.02. The van der Waals surface area contributed by atoms with Gasteiger partial charge in [-0.2, -0.15) is 18.3 Å². The van der Waals surface area contributed by atoms with Gasteiger partial charge in [-0.3, -0.25) is 9.89 Å². The van der Waals surface area contributed by atoms with Crippen molar-refractivity contribution in [3.05, 3.63) is 29.8 Å². The Kier molecular flexibility index (Phi) is 6.37. The van der Waals surface area contributed by atoms with Crippen LogP contribution >= 0.6 is 0 Å². The number of rotatable bonds is 6. The van der Waals surface area contributed by atoms with Gasteiger partial charge in [-0.1, -0.05) is 0 Å². The molecular weight excluding hydrogens is 399 g/mol. The second kappa shape index (κ2) is 8.80. The molecule has 2 aromatic rings. The van der Waals surface area contributed by atoms with Crippen LogP contribution in [0.15, 0.2) is 18.5 Å². The lowest BCUT2D eigenvalue weighted by Gasteiger charge is -2.31. The zero-order valence-electron chi connectivity index (χ0n) is 16.9. The van der Waals surface area contributed by atoms with E-state index in [4.69, 9.17) is 5.73 Å². The van der Waals surface area contributed by atoms with E-state index in [0.29, 0.717) is 47.8 Å². The van der Waals surface area contributed by atoms with Crippen molar-refractivity contribution in [2.75, 3.05) is 30.0 Å². The lowest BCUT2D eigenvalue weighted by atomic mass is 9.85. The number of amides is 1. The molecule has 30 heavy (non-hydrogen) atoms. The SMILES string of the molecule is CNc1cc(N(C)Cc2ncn[nH]2)c(C(=O)NC2CCC(C(F)(F)F)CC2)cc1N. The van der Waals surface area contributed by atoms with Crippen LogP contribution in [0.2, 0.25) is 0 Å². The van der Waals surface area contributed by atoms with E-state index < -0.39 is 12.1 Å². The third-order valence-corrected chi connectivity index (χ3v) is 5.47. The van der Waals surface area contributed by atoms with Gasteiger partial charge in [0.15, 0.2) is 0 Å². The fraction of sp³-hybridized carbons (Fsp3) is 0.526. The predicted molar refractivity (Wildman–Crippen MR) is 108 cm³/mol. The number of aromatic nitrogens is 3. The lowest BCUT2D eigenvalue weighted by molar-refractivity contribution is -0.182. The molecule has 1 aromatic heterocycles. The summed E-state index contributed by atoms with van der Waals surface area (Å²) in [5, 5.41) is 12.5. The van der Waals surface area contributed by atoms with Crippen LogP contribution in [0.5, 0.6) is 0 Å². The number of H-pyrrole nitrogens is 1. The van der Waals surface area contributed by atoms with Crippen molar-refractivity contribution in [1.29, 1.82) is 0 Å². The normalized spacial score (nSPS) is 19.4. The minimum Gasteiger partial charge on any atom is -0.397 e. The number of hydrogen-bond acceptors (Lipinski definition) is 6. The molecule has 1 aromatic carbocycles. The maximum Gasteiger partial charge on any atom is 0.391 e. The molecule has 0 unspecified atom stereocenters. The van der Waals surface area contributed by atoms with Gasteiger partial charge in [0.1, 0.15) is 12.2 Å². The first-order chi connectivity index (χ1) is 14.2. The summed E-state index contributed by atoms with van der Waals surface area (Å²) in [5.41, 5.74) is 8.10. The number of alkyl halides is 3. The van der Waals surface area contributed by atoms with Crippen molar-refractivity contribution in [3.63, 3.8) is 0 Å². The van der Waals surface area contributed by atoms with E-state index in [1.54, 1.807) is 26.2 Å². The number of halogens is 3. The second-order valence-corrected chi connectivity index (χ2v) is 7.56. The van der Waals surface area contributed by atoms with Crippen LogP contribution in [0.25, 0.3) is 0 Å². The van der Waals surface area contributed by atoms with Crippen molar-refractivity contribution in [3.8, 4) is 0 Å². The molecule has 8 nitrogen and oxygen atoms in total. The molecule has 1 heterocycles. The van der Waals surface area contributed by atoms with E-state index in [-0.39, 0.29) is 24.8 Å². The summed E-state index contributed by atoms with van der Waals surface area (Å²) in [7, 11) is 3.53. The summed E-state index contributed by atoms with van der Waals surface area (Å²) in [6.07, 6.45) is -2.15. The van der Waals surface area contributed by atoms with Gasteiger partial charge in [-0.15, -0.1) is 0 Å². The molecule has 0 saturated heterocycles. The van der Waals surface area contributed by atoms with E-state index in [9.17, 15) is 18.0 Å². The Morgan fingerprint density at radius 3 is 2.57 bits per heavy atom. The van der Waals surface area contributed by atoms with Crippen LogP contribution in [-0.2, 0) is 6.54 Å². The summed E-state index contributed by atoms with van der Waals surface area (Å²) in [5.74, 6) is -1.03. The van der Waals surface area contributed by atoms with Crippen LogP contribution in [-0.4, -0.2) is 47.4 Å². The van der Waals surface area contributed by atoms with E-state index >= 15 is 0 Å². The third-order valence-electron chi connectivity index (χ3n) is 5.47. The molecule has 1 amide bonds. The summed E-state index contributed by atoms with van der Waals surface area (Å²) in [6.45, 7) is 0.379. The number of nitrogens with one attached hydrogen (secondary N) is 3. The molecule has 1 aliphatic carbocycles. The van der Waals surface area contributed by atoms with Gasteiger partial charge >= 0.3 is 6.18 Å². The zero-order chi connectivity index (χ0) is 21.9. The van der Waals surface area contributed by atoms with Gasteiger partial charge in [0.2, 0.25) is 0 Å². The molecular formula is C19H26F3N7O. The third kappa shape index (κ3) is 4.95. The van der Waals surface area contributed by atoms with Gasteiger partial charge in [0.05, 0.1) is 35.1 Å². The number of aromatic amines is 1. The zero-order valence-corrected chi connectivity index (χ0v) is 16.9. The smallest absolute Gasteiger partial charge is 0.391 e. The Morgan fingerprint density at radius 1 is 1.30 bits per heavy atom. The molecule has 1 aliphatic rings. The number of nitrogen functional groups attached to an aromatic ring is 1. The molecule has 0 atom stereocenters. The highest BCUT2D eigenvalue weighted by Gasteiger charge is 2.41. The summed E-state index contributed by atoms with van der Waals surface area (Å²) in [6, 6.07) is 3.05. The van der Waals surface area contributed by atoms with Crippen molar-refractivity contribution in [2.24, 2.45) is 5.92 Å². The van der Waals surface area contributed by atoms with Gasteiger partial charge in [-0.05, 0) is 37.8 Å². The Bertz CT molecular complexity index is 862. The Labute approximate surface area is 172 Å². The molecule has 11 heteroatoms. The number of nitrogens with two attached hydrogens (primary N) is 1. The first kappa shape index (κ1) is 21.7. The monoisotopic (exact) mass is 425 g/mol. The standard InChI is InChI=1S/C19H26F3N7O/c1-24-15-8-16(29(2)9-17-25-10-26-28-17)13(7-14(15)23)18(30)27-12-5-3-11(4-6-12)19(20,21)22/h7-8,10-12,24H,3-6,9,23H2,1-2H3,(H,27,30)(H,25,26,28). The minimum atomic E-state index is -4.18. The Morgan fingerprint density at radius 2 is 2.00 bits per heavy atom. The topological polar surface area (TPSA) is 112 Å². The molecule has 3 rings (SSSR count). The molecule has 0 radical (unpaired) electrons. The van der Waals surface area contributed by atoms with Crippen molar-refractivity contribution >= 4 is 23.0 Å². The molecule has 0 bridgehead atoms. The fourth-order valence-corrected chi connectivity index (χ4v) is 3.76. The van der Waals surface area contributed by atoms with Crippen LogP contribution in [0.4, 0.5) is 30.2 Å². The molecule has 5 N–H and O–H groups in total. The Hall–Kier alpha value is -2.98. The van der Waals surface area contributed by atoms with Gasteiger partial charge in [0, 0.05) is 20.1 Å². The number of carbonyl (C=O) groups is 1. The highest BCUT2D eigenvalue weighted by Crippen LogP contribution is 2.38. The number of benzene rings is 1. The molecule has 0 aliphatic heterocycles. The second-order valence-electron chi connectivity index (χ2n) is 7.56. The summed E-state index contributed by atoms with van der Waals surface area (Å²) >= 11 is 0. The molecule has 164 valence electrons. The number of anilines is 3. The van der Waals surface area contributed by atoms with E-state index in [1.165, 1.54) is 6.33 Å². The van der Waals surface area contributed by atoms with Crippen LogP contribution < -0.4 is 21.3 Å². The summed E-state index contributed by atoms with van der Waals surface area (Å²) in [4.78, 5) is 18.9. The lowest BCUT2D eigenvalue weighted by Crippen LogP contribution is -2.40. The first-order valence-corrected chi connectivity index (χ1v) is 9.73. The van der Waals surface area contributed by atoms with Gasteiger partial charge in [-0.25, -0.2) is 4.98 Å². The van der Waals surface area contributed by atoms with Crippen LogP contribution in [0.3, 0.4) is 0 Å². The fourth-order valence-electron chi connectivity index (χ4n) is 3.76. The van der Waals surface area contributed by atoms with E-state index in [0.717, 1.165) is 0 Å². The minimum absolute atomic E-state index is 0.0214. The van der Waals surface area contributed by atoms with Gasteiger partial charge < -0.3 is 21.3 Å². The maximum absolute atomic E-state index is 13.0. The first-order valence-electron chi connectivity index (χ1n) is 9.73. The maximum atomic E-state index is 13.0. The summed E-state index contributed by atoms with van der Waals surface area (Å²) < 4.78 is 38.7. The van der Waals surface area contributed by atoms with Crippen molar-refractivity contribution < 1.29 is 18.0 Å². The molecule has 1 saturated carbocycles. The van der Waals surface area contributed by atoms with E-state index in [1.807, 2.05) is 4.90 Å². The number of carbonyl (C=O) groups excluding carboxylic acids is 1. The van der Waals surface area contributed by atoms with Crippen molar-refractivity contribution in [2.45, 2.75) is 44.4 Å². The molecule has 0 spiro atoms. The predicted octanol–water partition coefficient (Wildman–Crippen LogP) is 2.92. The average Bonchev–Trinajstić information content (AvgIpc) is 3.20. The van der Waals surface area contributed by atoms with Crippen molar-refractivity contribution in [1.82, 2.24) is 20.5 Å². The highest BCUT2D eigenvalue weighted by atomic mass is 19.4. The average molecular weight is 425 g/mol. The van der Waals surface area contributed by atoms with E-state index in [2.05, 4.69) is 25.8 Å². The molecule has 1 fully saturated rings. The largest absolute Gasteiger partial charge is 0.397 e. The van der Waals surface area contributed by atoms with Gasteiger partial charge in [0.25, 0.3) is 5.91 Å². The Balaban J connectivity index is 1.76.